The molecule has 3 aromatic rings. The topological polar surface area (TPSA) is 93.2 Å². The lowest BCUT2D eigenvalue weighted by molar-refractivity contribution is 0.379. The fourth-order valence-corrected chi connectivity index (χ4v) is 2.47. The standard InChI is InChI=1S/C19H25N7O.HI/c1-19(2,3)15-10-21-17(27-15)12-23-18(20-4)22-11-16-25-24-13-26(16)14-8-6-5-7-9-14;/h5-10,13H,11-12H2,1-4H3,(H2,20,22,23);1H. The van der Waals surface area contributed by atoms with Gasteiger partial charge in [-0.05, 0) is 12.1 Å². The van der Waals surface area contributed by atoms with Gasteiger partial charge in [-0.15, -0.1) is 34.2 Å². The second kappa shape index (κ2) is 9.67. The van der Waals surface area contributed by atoms with E-state index in [4.69, 9.17) is 4.42 Å². The molecule has 0 atom stereocenters. The first kappa shape index (κ1) is 21.9. The smallest absolute Gasteiger partial charge is 0.213 e. The average molecular weight is 495 g/mol. The monoisotopic (exact) mass is 495 g/mol. The van der Waals surface area contributed by atoms with Gasteiger partial charge in [0.25, 0.3) is 0 Å². The number of hydrogen-bond donors (Lipinski definition) is 2. The zero-order valence-electron chi connectivity index (χ0n) is 16.5. The van der Waals surface area contributed by atoms with Gasteiger partial charge < -0.3 is 15.1 Å². The third-order valence-corrected chi connectivity index (χ3v) is 3.99. The number of halogens is 1. The van der Waals surface area contributed by atoms with Crippen molar-refractivity contribution < 1.29 is 4.42 Å². The summed E-state index contributed by atoms with van der Waals surface area (Å²) >= 11 is 0. The van der Waals surface area contributed by atoms with Crippen LogP contribution >= 0.6 is 24.0 Å². The Labute approximate surface area is 181 Å². The number of benzene rings is 1. The lowest BCUT2D eigenvalue weighted by Crippen LogP contribution is -2.37. The van der Waals surface area contributed by atoms with E-state index < -0.39 is 0 Å². The van der Waals surface area contributed by atoms with E-state index in [0.717, 1.165) is 17.3 Å². The summed E-state index contributed by atoms with van der Waals surface area (Å²) in [7, 11) is 1.72. The summed E-state index contributed by atoms with van der Waals surface area (Å²) in [6.07, 6.45) is 3.47. The number of aromatic nitrogens is 4. The van der Waals surface area contributed by atoms with Crippen LogP contribution in [0.15, 0.2) is 52.3 Å². The molecule has 2 N–H and O–H groups in total. The zero-order valence-corrected chi connectivity index (χ0v) is 18.8. The van der Waals surface area contributed by atoms with Crippen molar-refractivity contribution in [1.29, 1.82) is 0 Å². The van der Waals surface area contributed by atoms with Crippen LogP contribution in [0.5, 0.6) is 0 Å². The van der Waals surface area contributed by atoms with E-state index in [2.05, 4.69) is 51.6 Å². The fourth-order valence-electron chi connectivity index (χ4n) is 2.47. The van der Waals surface area contributed by atoms with E-state index in [1.54, 1.807) is 19.6 Å². The van der Waals surface area contributed by atoms with Crippen LogP contribution in [0.4, 0.5) is 0 Å². The quantitative estimate of drug-likeness (QED) is 0.321. The van der Waals surface area contributed by atoms with Gasteiger partial charge in [0.2, 0.25) is 5.89 Å². The highest BCUT2D eigenvalue weighted by molar-refractivity contribution is 14.0. The Bertz CT molecular complexity index is 896. The fraction of sp³-hybridized carbons (Fsp3) is 0.368. The number of guanidine groups is 1. The second-order valence-corrected chi connectivity index (χ2v) is 7.10. The zero-order chi connectivity index (χ0) is 19.3. The Morgan fingerprint density at radius 1 is 1.14 bits per heavy atom. The highest BCUT2D eigenvalue weighted by Gasteiger charge is 2.19. The molecule has 0 aliphatic carbocycles. The number of aliphatic imine (C=N–C) groups is 1. The lowest BCUT2D eigenvalue weighted by atomic mass is 9.94. The van der Waals surface area contributed by atoms with Crippen molar-refractivity contribution >= 4 is 29.9 Å². The molecule has 3 rings (SSSR count). The van der Waals surface area contributed by atoms with Gasteiger partial charge in [0.1, 0.15) is 12.1 Å². The summed E-state index contributed by atoms with van der Waals surface area (Å²) in [4.78, 5) is 8.54. The van der Waals surface area contributed by atoms with Crippen LogP contribution in [-0.2, 0) is 18.5 Å². The molecule has 0 radical (unpaired) electrons. The van der Waals surface area contributed by atoms with Crippen LogP contribution in [0.2, 0.25) is 0 Å². The van der Waals surface area contributed by atoms with Crippen LogP contribution in [0.1, 0.15) is 38.2 Å². The third kappa shape index (κ3) is 5.54. The van der Waals surface area contributed by atoms with Crippen molar-refractivity contribution in [3.8, 4) is 5.69 Å². The molecule has 0 saturated heterocycles. The molecule has 2 heterocycles. The maximum atomic E-state index is 5.79. The van der Waals surface area contributed by atoms with Crippen molar-refractivity contribution in [3.63, 3.8) is 0 Å². The first-order chi connectivity index (χ1) is 13.0. The van der Waals surface area contributed by atoms with Crippen LogP contribution in [0.25, 0.3) is 5.69 Å². The molecule has 0 bridgehead atoms. The molecule has 0 aliphatic rings. The van der Waals surface area contributed by atoms with Crippen LogP contribution in [-0.4, -0.2) is 32.8 Å². The van der Waals surface area contributed by atoms with Crippen molar-refractivity contribution in [1.82, 2.24) is 30.4 Å². The predicted octanol–water partition coefficient (Wildman–Crippen LogP) is 3.04. The summed E-state index contributed by atoms with van der Waals surface area (Å²) < 4.78 is 7.72. The van der Waals surface area contributed by atoms with Crippen molar-refractivity contribution in [2.45, 2.75) is 39.3 Å². The molecule has 0 spiro atoms. The number of nitrogens with zero attached hydrogens (tertiary/aromatic N) is 5. The Hall–Kier alpha value is -2.43. The molecule has 0 saturated carbocycles. The minimum absolute atomic E-state index is 0. The molecule has 9 heteroatoms. The van der Waals surface area contributed by atoms with Crippen molar-refractivity contribution in [2.75, 3.05) is 7.05 Å². The molecule has 0 unspecified atom stereocenters. The Balaban J connectivity index is 0.00000280. The Kier molecular flexibility index (Phi) is 7.55. The molecule has 0 amide bonds. The van der Waals surface area contributed by atoms with E-state index in [1.807, 2.05) is 34.9 Å². The van der Waals surface area contributed by atoms with E-state index in [9.17, 15) is 0 Å². The summed E-state index contributed by atoms with van der Waals surface area (Å²) in [5.41, 5.74) is 0.948. The molecule has 28 heavy (non-hydrogen) atoms. The van der Waals surface area contributed by atoms with E-state index in [-0.39, 0.29) is 29.4 Å². The first-order valence-corrected chi connectivity index (χ1v) is 8.81. The minimum atomic E-state index is -0.0628. The number of oxazole rings is 1. The van der Waals surface area contributed by atoms with Gasteiger partial charge in [-0.3, -0.25) is 9.56 Å². The normalized spacial score (nSPS) is 11.8. The molecule has 0 aliphatic heterocycles. The second-order valence-electron chi connectivity index (χ2n) is 7.10. The third-order valence-electron chi connectivity index (χ3n) is 3.99. The molecular weight excluding hydrogens is 469 g/mol. The maximum absolute atomic E-state index is 5.79. The van der Waals surface area contributed by atoms with Crippen molar-refractivity contribution in [3.05, 3.63) is 60.3 Å². The van der Waals surface area contributed by atoms with Gasteiger partial charge in [-0.25, -0.2) is 4.98 Å². The van der Waals surface area contributed by atoms with E-state index in [1.165, 1.54) is 0 Å². The summed E-state index contributed by atoms with van der Waals surface area (Å²) in [5, 5.41) is 14.6. The van der Waals surface area contributed by atoms with Crippen LogP contribution < -0.4 is 10.6 Å². The summed E-state index contributed by atoms with van der Waals surface area (Å²) in [6, 6.07) is 9.96. The Morgan fingerprint density at radius 3 is 2.50 bits per heavy atom. The maximum Gasteiger partial charge on any atom is 0.213 e. The van der Waals surface area contributed by atoms with E-state index in [0.29, 0.717) is 24.9 Å². The predicted molar refractivity (Wildman–Crippen MR) is 119 cm³/mol. The number of hydrogen-bond acceptors (Lipinski definition) is 5. The highest BCUT2D eigenvalue weighted by Crippen LogP contribution is 2.22. The summed E-state index contributed by atoms with van der Waals surface area (Å²) in [6.45, 7) is 7.20. The number of rotatable bonds is 5. The van der Waals surface area contributed by atoms with Crippen LogP contribution in [0.3, 0.4) is 0 Å². The molecular formula is C19H26IN7O. The molecule has 1 aromatic carbocycles. The number of para-hydroxylation sites is 1. The lowest BCUT2D eigenvalue weighted by Gasteiger charge is -2.13. The Morgan fingerprint density at radius 2 is 1.86 bits per heavy atom. The van der Waals surface area contributed by atoms with Gasteiger partial charge >= 0.3 is 0 Å². The van der Waals surface area contributed by atoms with Gasteiger partial charge in [0.15, 0.2) is 11.8 Å². The first-order valence-electron chi connectivity index (χ1n) is 8.81. The molecule has 0 fully saturated rings. The van der Waals surface area contributed by atoms with Gasteiger partial charge in [-0.2, -0.15) is 0 Å². The van der Waals surface area contributed by atoms with Gasteiger partial charge in [0.05, 0.1) is 19.3 Å². The SMILES string of the molecule is CN=C(NCc1ncc(C(C)(C)C)o1)NCc1nncn1-c1ccccc1.I. The largest absolute Gasteiger partial charge is 0.443 e. The highest BCUT2D eigenvalue weighted by atomic mass is 127. The summed E-state index contributed by atoms with van der Waals surface area (Å²) in [5.74, 6) is 2.90. The van der Waals surface area contributed by atoms with Gasteiger partial charge in [0, 0.05) is 18.2 Å². The molecule has 8 nitrogen and oxygen atoms in total. The number of nitrogens with one attached hydrogen (secondary N) is 2. The molecule has 2 aromatic heterocycles. The minimum Gasteiger partial charge on any atom is -0.443 e. The van der Waals surface area contributed by atoms with Gasteiger partial charge in [-0.1, -0.05) is 39.0 Å². The average Bonchev–Trinajstić information content (AvgIpc) is 3.32. The van der Waals surface area contributed by atoms with Crippen LogP contribution in [0, 0.1) is 0 Å². The molecule has 150 valence electrons. The van der Waals surface area contributed by atoms with Crippen molar-refractivity contribution in [2.24, 2.45) is 4.99 Å². The van der Waals surface area contributed by atoms with E-state index >= 15 is 0 Å².